The number of hydrogen-bond donors (Lipinski definition) is 2. The van der Waals surface area contributed by atoms with Gasteiger partial charge in [0.25, 0.3) is 0 Å². The molecule has 1 aromatic rings. The van der Waals surface area contributed by atoms with Crippen LogP contribution in [-0.2, 0) is 25.6 Å². The summed E-state index contributed by atoms with van der Waals surface area (Å²) in [6.45, 7) is 11.1. The predicted octanol–water partition coefficient (Wildman–Crippen LogP) is 4.23. The van der Waals surface area contributed by atoms with Gasteiger partial charge in [0.15, 0.2) is 0 Å². The molecule has 0 aromatic carbocycles. The molecule has 2 aliphatic heterocycles. The molecule has 2 N–H and O–H groups in total. The van der Waals surface area contributed by atoms with Gasteiger partial charge in [-0.05, 0) is 38.3 Å². The van der Waals surface area contributed by atoms with Crippen LogP contribution < -0.4 is 0 Å². The number of aryl methyl sites for hydroxylation is 1. The normalized spacial score (nSPS) is 21.9. The van der Waals surface area contributed by atoms with Crippen LogP contribution in [-0.4, -0.2) is 83.4 Å². The zero-order valence-electron chi connectivity index (χ0n) is 20.1. The number of alkyl halides is 6. The number of aliphatic carboxylic acids is 2. The highest BCUT2D eigenvalue weighted by atomic mass is 19.4. The van der Waals surface area contributed by atoms with Gasteiger partial charge >= 0.3 is 24.3 Å². The minimum atomic E-state index is -5.08. The molecular weight excluding hydrogens is 514 g/mol. The largest absolute Gasteiger partial charge is 0.490 e. The molecule has 0 spiro atoms. The number of hydrogen-bond acceptors (Lipinski definition) is 6. The quantitative estimate of drug-likeness (QED) is 0.311. The van der Waals surface area contributed by atoms with Crippen LogP contribution in [0.3, 0.4) is 0 Å². The number of likely N-dealkylation sites (tertiary alicyclic amines) is 1. The number of ether oxygens (including phenoxy) is 2. The zero-order valence-corrected chi connectivity index (χ0v) is 20.1. The molecule has 0 aliphatic carbocycles. The summed E-state index contributed by atoms with van der Waals surface area (Å²) in [5, 5.41) is 14.2. The van der Waals surface area contributed by atoms with E-state index in [1.165, 1.54) is 6.42 Å². The van der Waals surface area contributed by atoms with Crippen LogP contribution >= 0.6 is 0 Å². The number of pyridine rings is 1. The van der Waals surface area contributed by atoms with Gasteiger partial charge in [-0.25, -0.2) is 9.59 Å². The minimum absolute atomic E-state index is 0.128. The molecule has 0 amide bonds. The maximum Gasteiger partial charge on any atom is 0.490 e. The fraction of sp³-hybridized carbons (Fsp3) is 0.609. The number of fused-ring (bicyclic) bond motifs is 1. The highest BCUT2D eigenvalue weighted by Gasteiger charge is 2.46. The van der Waals surface area contributed by atoms with E-state index in [4.69, 9.17) is 29.3 Å². The van der Waals surface area contributed by atoms with Gasteiger partial charge < -0.3 is 19.7 Å². The molecule has 2 atom stereocenters. The van der Waals surface area contributed by atoms with Crippen LogP contribution in [0.1, 0.15) is 30.7 Å². The first-order chi connectivity index (χ1) is 17.1. The topological polar surface area (TPSA) is 109 Å². The third-order valence-corrected chi connectivity index (χ3v) is 5.51. The maximum atomic E-state index is 10.6. The van der Waals surface area contributed by atoms with Crippen LogP contribution in [0.5, 0.6) is 0 Å². The van der Waals surface area contributed by atoms with E-state index in [-0.39, 0.29) is 5.41 Å². The molecule has 37 heavy (non-hydrogen) atoms. The first kappa shape index (κ1) is 32.3. The number of rotatable bonds is 6. The van der Waals surface area contributed by atoms with Crippen LogP contribution in [0.25, 0.3) is 0 Å². The van der Waals surface area contributed by atoms with Gasteiger partial charge in [0, 0.05) is 37.4 Å². The lowest BCUT2D eigenvalue weighted by Crippen LogP contribution is -2.56. The summed E-state index contributed by atoms with van der Waals surface area (Å²) in [6, 6.07) is 6.27. The molecule has 1 aromatic heterocycles. The molecule has 2 fully saturated rings. The first-order valence-corrected chi connectivity index (χ1v) is 11.2. The summed E-state index contributed by atoms with van der Waals surface area (Å²) in [7, 11) is 0. The zero-order chi connectivity index (χ0) is 28.3. The van der Waals surface area contributed by atoms with Crippen LogP contribution in [0, 0.1) is 12.3 Å². The Morgan fingerprint density at radius 1 is 1.22 bits per heavy atom. The van der Waals surface area contributed by atoms with Gasteiger partial charge in [-0.3, -0.25) is 9.88 Å². The Kier molecular flexibility index (Phi) is 12.5. The summed E-state index contributed by atoms with van der Waals surface area (Å²) in [5.41, 5.74) is 2.37. The SMILES string of the molecule is C=CCOCC12CCCOC1CCN(Cc1cccc(C)n1)C2.O=C(O)C(F)(F)F.O=C(O)C(F)(F)F. The Labute approximate surface area is 209 Å². The monoisotopic (exact) mass is 544 g/mol. The van der Waals surface area contributed by atoms with E-state index in [1.807, 2.05) is 6.08 Å². The van der Waals surface area contributed by atoms with Crippen LogP contribution in [0.2, 0.25) is 0 Å². The van der Waals surface area contributed by atoms with Gasteiger partial charge in [-0.2, -0.15) is 26.3 Å². The van der Waals surface area contributed by atoms with Crippen LogP contribution in [0.4, 0.5) is 26.3 Å². The molecule has 2 aliphatic rings. The van der Waals surface area contributed by atoms with E-state index < -0.39 is 24.3 Å². The van der Waals surface area contributed by atoms with Crippen molar-refractivity contribution in [2.45, 2.75) is 51.2 Å². The van der Waals surface area contributed by atoms with E-state index in [0.29, 0.717) is 12.7 Å². The number of carboxylic acid groups (broad SMARTS) is 2. The van der Waals surface area contributed by atoms with E-state index in [2.05, 4.69) is 41.6 Å². The second kappa shape index (κ2) is 14.3. The Hall–Kier alpha value is -2.71. The summed E-state index contributed by atoms with van der Waals surface area (Å²) in [6.07, 6.45) is -4.60. The average Bonchev–Trinajstić information content (AvgIpc) is 2.78. The third-order valence-electron chi connectivity index (χ3n) is 5.51. The summed E-state index contributed by atoms with van der Waals surface area (Å²) >= 11 is 0. The van der Waals surface area contributed by atoms with Crippen molar-refractivity contribution in [3.8, 4) is 0 Å². The van der Waals surface area contributed by atoms with Crippen molar-refractivity contribution in [1.82, 2.24) is 9.88 Å². The first-order valence-electron chi connectivity index (χ1n) is 11.2. The smallest absolute Gasteiger partial charge is 0.475 e. The molecule has 0 radical (unpaired) electrons. The van der Waals surface area contributed by atoms with Gasteiger partial charge in [0.1, 0.15) is 0 Å². The van der Waals surface area contributed by atoms with Crippen LogP contribution in [0.15, 0.2) is 30.9 Å². The Bertz CT molecular complexity index is 871. The average molecular weight is 544 g/mol. The molecule has 210 valence electrons. The van der Waals surface area contributed by atoms with Crippen molar-refractivity contribution in [3.63, 3.8) is 0 Å². The van der Waals surface area contributed by atoms with E-state index >= 15 is 0 Å². The fourth-order valence-corrected chi connectivity index (χ4v) is 3.99. The molecule has 0 bridgehead atoms. The van der Waals surface area contributed by atoms with E-state index in [1.54, 1.807) is 0 Å². The van der Waals surface area contributed by atoms with E-state index in [0.717, 1.165) is 57.1 Å². The number of carboxylic acids is 2. The summed E-state index contributed by atoms with van der Waals surface area (Å²) < 4.78 is 75.4. The van der Waals surface area contributed by atoms with Gasteiger partial charge in [-0.15, -0.1) is 6.58 Å². The lowest BCUT2D eigenvalue weighted by molar-refractivity contribution is -0.193. The second-order valence-corrected chi connectivity index (χ2v) is 8.50. The molecule has 2 saturated heterocycles. The number of halogens is 6. The van der Waals surface area contributed by atoms with Gasteiger partial charge in [0.05, 0.1) is 25.0 Å². The number of carbonyl (C=O) groups is 2. The molecule has 2 unspecified atom stereocenters. The lowest BCUT2D eigenvalue weighted by atomic mass is 9.73. The van der Waals surface area contributed by atoms with Crippen molar-refractivity contribution in [3.05, 3.63) is 42.2 Å². The summed E-state index contributed by atoms with van der Waals surface area (Å²) in [4.78, 5) is 25.0. The standard InChI is InChI=1S/C19H28N2O2.2C2HF3O2/c1-3-11-22-15-19-9-5-12-23-18(19)8-10-21(14-19)13-17-7-4-6-16(2)20-17;2*3-2(4,5)1(6)7/h3-4,6-7,18H,1,5,8-15H2,2H3;2*(H,6,7). The van der Waals surface area contributed by atoms with Gasteiger partial charge in [-0.1, -0.05) is 12.1 Å². The molecule has 0 saturated carbocycles. The number of nitrogens with zero attached hydrogens (tertiary/aromatic N) is 2. The summed E-state index contributed by atoms with van der Waals surface area (Å²) in [5.74, 6) is -5.51. The Balaban J connectivity index is 0.000000404. The van der Waals surface area contributed by atoms with Crippen molar-refractivity contribution < 1.29 is 55.6 Å². The number of aromatic nitrogens is 1. The highest BCUT2D eigenvalue weighted by Crippen LogP contribution is 2.40. The molecule has 8 nitrogen and oxygen atoms in total. The molecule has 14 heteroatoms. The van der Waals surface area contributed by atoms with Crippen molar-refractivity contribution in [2.24, 2.45) is 5.41 Å². The molecule has 3 heterocycles. The van der Waals surface area contributed by atoms with Crippen molar-refractivity contribution in [1.29, 1.82) is 0 Å². The minimum Gasteiger partial charge on any atom is -0.475 e. The van der Waals surface area contributed by atoms with Crippen molar-refractivity contribution >= 4 is 11.9 Å². The van der Waals surface area contributed by atoms with Gasteiger partial charge in [0.2, 0.25) is 0 Å². The number of piperidine rings is 1. The third kappa shape index (κ3) is 11.5. The highest BCUT2D eigenvalue weighted by molar-refractivity contribution is 5.73. The molecular formula is C23H30F6N2O6. The second-order valence-electron chi connectivity index (χ2n) is 8.50. The van der Waals surface area contributed by atoms with Crippen molar-refractivity contribution in [2.75, 3.05) is 32.9 Å². The fourth-order valence-electron chi connectivity index (χ4n) is 3.99. The molecule has 3 rings (SSSR count). The Morgan fingerprint density at radius 3 is 2.32 bits per heavy atom. The Morgan fingerprint density at radius 2 is 1.81 bits per heavy atom. The lowest BCUT2D eigenvalue weighted by Gasteiger charge is -2.50. The predicted molar refractivity (Wildman–Crippen MR) is 119 cm³/mol. The van der Waals surface area contributed by atoms with E-state index in [9.17, 15) is 26.3 Å². The maximum absolute atomic E-state index is 10.6.